The van der Waals surface area contributed by atoms with Gasteiger partial charge in [0, 0.05) is 19.2 Å². The van der Waals surface area contributed by atoms with Crippen molar-refractivity contribution in [1.29, 1.82) is 0 Å². The number of nitrogens with zero attached hydrogens (tertiary/aromatic N) is 2. The molecule has 1 aliphatic heterocycles. The van der Waals surface area contributed by atoms with Gasteiger partial charge in [-0.25, -0.2) is 0 Å². The van der Waals surface area contributed by atoms with E-state index in [0.717, 1.165) is 6.54 Å². The monoisotopic (exact) mass is 252 g/mol. The van der Waals surface area contributed by atoms with Crippen LogP contribution in [-0.2, 0) is 10.0 Å². The molecule has 1 aliphatic rings. The molecule has 0 unspecified atom stereocenters. The molecular formula is C12H16N2O2S. The molecular weight excluding hydrogens is 236 g/mol. The van der Waals surface area contributed by atoms with Crippen LogP contribution in [0.5, 0.6) is 0 Å². The summed E-state index contributed by atoms with van der Waals surface area (Å²) < 4.78 is 27.5. The van der Waals surface area contributed by atoms with E-state index in [-0.39, 0.29) is 0 Å². The molecule has 5 heteroatoms. The summed E-state index contributed by atoms with van der Waals surface area (Å²) in [6, 6.07) is 6.95. The van der Waals surface area contributed by atoms with Gasteiger partial charge in [-0.15, -0.1) is 4.40 Å². The number of hydrogen-bond donors (Lipinski definition) is 0. The minimum absolute atomic E-state index is 0.311. The van der Waals surface area contributed by atoms with Crippen molar-refractivity contribution < 1.29 is 8.42 Å². The van der Waals surface area contributed by atoms with Crippen molar-refractivity contribution in [2.24, 2.45) is 10.3 Å². The lowest BCUT2D eigenvalue weighted by Crippen LogP contribution is -2.30. The molecule has 1 heterocycles. The highest BCUT2D eigenvalue weighted by Crippen LogP contribution is 2.27. The third kappa shape index (κ3) is 2.20. The van der Waals surface area contributed by atoms with Crippen LogP contribution >= 0.6 is 0 Å². The Bertz CT molecular complexity index is 562. The highest BCUT2D eigenvalue weighted by atomic mass is 32.2. The van der Waals surface area contributed by atoms with Gasteiger partial charge in [0.1, 0.15) is 4.90 Å². The highest BCUT2D eigenvalue weighted by Gasteiger charge is 2.30. The predicted octanol–water partition coefficient (Wildman–Crippen LogP) is 1.72. The largest absolute Gasteiger partial charge is 0.358 e. The van der Waals surface area contributed by atoms with E-state index in [4.69, 9.17) is 0 Å². The van der Waals surface area contributed by atoms with Crippen molar-refractivity contribution in [1.82, 2.24) is 4.90 Å². The first-order valence-electron chi connectivity index (χ1n) is 5.57. The van der Waals surface area contributed by atoms with Gasteiger partial charge in [-0.05, 0) is 18.1 Å². The number of fused-ring (bicyclic) bond motifs is 1. The lowest BCUT2D eigenvalue weighted by molar-refractivity contribution is 0.426. The average molecular weight is 252 g/mol. The maximum Gasteiger partial charge on any atom is 0.285 e. The lowest BCUT2D eigenvalue weighted by Gasteiger charge is -2.20. The van der Waals surface area contributed by atoms with E-state index in [1.807, 2.05) is 18.0 Å². The van der Waals surface area contributed by atoms with Gasteiger partial charge in [-0.3, -0.25) is 0 Å². The van der Waals surface area contributed by atoms with E-state index in [2.05, 4.69) is 18.2 Å². The molecule has 17 heavy (non-hydrogen) atoms. The van der Waals surface area contributed by atoms with Gasteiger partial charge in [0.25, 0.3) is 10.0 Å². The molecule has 0 bridgehead atoms. The fourth-order valence-corrected chi connectivity index (χ4v) is 3.25. The summed E-state index contributed by atoms with van der Waals surface area (Å²) in [6.45, 7) is 4.96. The molecule has 0 saturated carbocycles. The van der Waals surface area contributed by atoms with Crippen LogP contribution in [0.2, 0.25) is 0 Å². The summed E-state index contributed by atoms with van der Waals surface area (Å²) in [6.07, 6.45) is 0. The van der Waals surface area contributed by atoms with E-state index in [9.17, 15) is 8.42 Å². The first kappa shape index (κ1) is 12.1. The SMILES string of the molecule is CC(C)CN(C)C1=NS(=O)(=O)c2ccccc21. The fourth-order valence-electron chi connectivity index (χ4n) is 2.00. The van der Waals surface area contributed by atoms with Gasteiger partial charge in [-0.1, -0.05) is 26.0 Å². The first-order valence-corrected chi connectivity index (χ1v) is 7.01. The highest BCUT2D eigenvalue weighted by molar-refractivity contribution is 7.90. The quantitative estimate of drug-likeness (QED) is 0.805. The Kier molecular flexibility index (Phi) is 2.95. The van der Waals surface area contributed by atoms with Crippen molar-refractivity contribution in [2.75, 3.05) is 13.6 Å². The first-order chi connectivity index (χ1) is 7.92. The third-order valence-corrected chi connectivity index (χ3v) is 3.94. The standard InChI is InChI=1S/C12H16N2O2S/c1-9(2)8-14(3)12-10-6-4-5-7-11(10)17(15,16)13-12/h4-7,9H,8H2,1-3H3. The van der Waals surface area contributed by atoms with Crippen LogP contribution in [0.1, 0.15) is 19.4 Å². The van der Waals surface area contributed by atoms with Crippen LogP contribution in [0.25, 0.3) is 0 Å². The minimum Gasteiger partial charge on any atom is -0.358 e. The molecule has 0 saturated heterocycles. The predicted molar refractivity (Wildman–Crippen MR) is 67.6 cm³/mol. The zero-order valence-electron chi connectivity index (χ0n) is 10.2. The van der Waals surface area contributed by atoms with Crippen LogP contribution in [-0.4, -0.2) is 32.7 Å². The Morgan fingerprint density at radius 3 is 2.59 bits per heavy atom. The van der Waals surface area contributed by atoms with E-state index in [1.54, 1.807) is 18.2 Å². The topological polar surface area (TPSA) is 49.7 Å². The van der Waals surface area contributed by atoms with Crippen LogP contribution < -0.4 is 0 Å². The number of rotatable bonds is 2. The molecule has 0 radical (unpaired) electrons. The molecule has 0 atom stereocenters. The molecule has 2 rings (SSSR count). The Balaban J connectivity index is 2.45. The van der Waals surface area contributed by atoms with E-state index in [0.29, 0.717) is 22.2 Å². The maximum atomic E-state index is 11.8. The van der Waals surface area contributed by atoms with Crippen LogP contribution in [0, 0.1) is 5.92 Å². The van der Waals surface area contributed by atoms with Crippen LogP contribution in [0.15, 0.2) is 33.6 Å². The van der Waals surface area contributed by atoms with Crippen molar-refractivity contribution >= 4 is 15.9 Å². The molecule has 0 amide bonds. The molecule has 4 nitrogen and oxygen atoms in total. The van der Waals surface area contributed by atoms with E-state index in [1.165, 1.54) is 0 Å². The normalized spacial score (nSPS) is 16.8. The van der Waals surface area contributed by atoms with Crippen molar-refractivity contribution in [3.63, 3.8) is 0 Å². The number of hydrogen-bond acceptors (Lipinski definition) is 3. The number of benzene rings is 1. The van der Waals surface area contributed by atoms with Crippen molar-refractivity contribution in [3.8, 4) is 0 Å². The fraction of sp³-hybridized carbons (Fsp3) is 0.417. The zero-order valence-corrected chi connectivity index (χ0v) is 11.0. The summed E-state index contributed by atoms with van der Waals surface area (Å²) >= 11 is 0. The summed E-state index contributed by atoms with van der Waals surface area (Å²) in [5.74, 6) is 1.01. The number of amidine groups is 1. The van der Waals surface area contributed by atoms with Gasteiger partial charge in [0.05, 0.1) is 0 Å². The summed E-state index contributed by atoms with van der Waals surface area (Å²) in [5, 5.41) is 0. The molecule has 0 aliphatic carbocycles. The van der Waals surface area contributed by atoms with Gasteiger partial charge >= 0.3 is 0 Å². The molecule has 0 spiro atoms. The van der Waals surface area contributed by atoms with Gasteiger partial charge in [-0.2, -0.15) is 8.42 Å². The van der Waals surface area contributed by atoms with Crippen molar-refractivity contribution in [2.45, 2.75) is 18.7 Å². The summed E-state index contributed by atoms with van der Waals surface area (Å²) in [7, 11) is -1.62. The van der Waals surface area contributed by atoms with E-state index >= 15 is 0 Å². The lowest BCUT2D eigenvalue weighted by atomic mass is 10.1. The minimum atomic E-state index is -3.49. The second-order valence-corrected chi connectivity index (χ2v) is 6.23. The summed E-state index contributed by atoms with van der Waals surface area (Å²) in [4.78, 5) is 2.21. The Morgan fingerprint density at radius 1 is 1.29 bits per heavy atom. The Labute approximate surface area is 102 Å². The molecule has 1 aromatic carbocycles. The number of sulfonamides is 1. The third-order valence-electron chi connectivity index (χ3n) is 2.61. The summed E-state index contributed by atoms with van der Waals surface area (Å²) in [5.41, 5.74) is 0.704. The molecule has 92 valence electrons. The Hall–Kier alpha value is -1.36. The second-order valence-electron chi connectivity index (χ2n) is 4.66. The van der Waals surface area contributed by atoms with Crippen LogP contribution in [0.3, 0.4) is 0 Å². The zero-order chi connectivity index (χ0) is 12.6. The van der Waals surface area contributed by atoms with Gasteiger partial charge < -0.3 is 4.90 Å². The van der Waals surface area contributed by atoms with Crippen LogP contribution in [0.4, 0.5) is 0 Å². The molecule has 0 aromatic heterocycles. The van der Waals surface area contributed by atoms with Gasteiger partial charge in [0.2, 0.25) is 0 Å². The molecule has 0 N–H and O–H groups in total. The smallest absolute Gasteiger partial charge is 0.285 e. The molecule has 1 aromatic rings. The van der Waals surface area contributed by atoms with Gasteiger partial charge in [0.15, 0.2) is 5.84 Å². The average Bonchev–Trinajstić information content (AvgIpc) is 2.51. The molecule has 0 fully saturated rings. The Morgan fingerprint density at radius 2 is 1.94 bits per heavy atom. The van der Waals surface area contributed by atoms with E-state index < -0.39 is 10.0 Å². The van der Waals surface area contributed by atoms with Crippen molar-refractivity contribution in [3.05, 3.63) is 29.8 Å². The second kappa shape index (κ2) is 4.14. The maximum absolute atomic E-state index is 11.8.